The molecule has 3 rings (SSSR count). The number of rotatable bonds is 8. The Balaban J connectivity index is 1.69. The lowest BCUT2D eigenvalue weighted by Crippen LogP contribution is -2.29. The molecular formula is C23H22ClN3O5S. The third-order valence-electron chi connectivity index (χ3n) is 4.66. The maximum atomic E-state index is 12.4. The number of hydrogen-bond donors (Lipinski definition) is 2. The van der Waals surface area contributed by atoms with Crippen molar-refractivity contribution in [1.29, 1.82) is 0 Å². The van der Waals surface area contributed by atoms with Crippen LogP contribution in [0.25, 0.3) is 0 Å². The van der Waals surface area contributed by atoms with Gasteiger partial charge in [0.15, 0.2) is 11.5 Å². The minimum absolute atomic E-state index is 0.0777. The Kier molecular flexibility index (Phi) is 7.57. The van der Waals surface area contributed by atoms with Crippen LogP contribution in [0.2, 0.25) is 5.02 Å². The van der Waals surface area contributed by atoms with Crippen molar-refractivity contribution in [2.24, 2.45) is 5.10 Å². The first-order chi connectivity index (χ1) is 15.7. The molecule has 3 aromatic carbocycles. The van der Waals surface area contributed by atoms with E-state index in [0.29, 0.717) is 33.1 Å². The number of anilines is 1. The number of para-hydroxylation sites is 1. The van der Waals surface area contributed by atoms with Crippen molar-refractivity contribution in [3.05, 3.63) is 88.4 Å². The molecule has 8 nitrogen and oxygen atoms in total. The van der Waals surface area contributed by atoms with Crippen LogP contribution in [0.1, 0.15) is 21.5 Å². The van der Waals surface area contributed by atoms with Crippen LogP contribution >= 0.6 is 11.6 Å². The molecule has 2 N–H and O–H groups in total. The summed E-state index contributed by atoms with van der Waals surface area (Å²) in [5, 5.41) is 14.3. The molecule has 0 bridgehead atoms. The summed E-state index contributed by atoms with van der Waals surface area (Å²) in [6.45, 7) is 0.0777. The van der Waals surface area contributed by atoms with Crippen molar-refractivity contribution in [2.75, 3.05) is 17.7 Å². The van der Waals surface area contributed by atoms with E-state index in [1.807, 2.05) is 0 Å². The van der Waals surface area contributed by atoms with Crippen molar-refractivity contribution in [3.63, 3.8) is 0 Å². The van der Waals surface area contributed by atoms with E-state index in [1.165, 1.54) is 17.6 Å². The zero-order valence-electron chi connectivity index (χ0n) is 17.9. The van der Waals surface area contributed by atoms with Gasteiger partial charge in [-0.25, -0.2) is 13.8 Å². The summed E-state index contributed by atoms with van der Waals surface area (Å²) >= 11 is 6.00. The quantitative estimate of drug-likeness (QED) is 0.371. The van der Waals surface area contributed by atoms with Gasteiger partial charge in [-0.3, -0.25) is 9.10 Å². The second kappa shape index (κ2) is 10.4. The molecule has 0 unspecified atom stereocenters. The molecule has 0 spiro atoms. The van der Waals surface area contributed by atoms with Crippen LogP contribution in [0.15, 0.2) is 71.8 Å². The van der Waals surface area contributed by atoms with Gasteiger partial charge in [-0.1, -0.05) is 35.9 Å². The molecule has 0 saturated heterocycles. The second-order valence-electron chi connectivity index (χ2n) is 7.04. The van der Waals surface area contributed by atoms with E-state index >= 15 is 0 Å². The van der Waals surface area contributed by atoms with Crippen LogP contribution in [0, 0.1) is 0 Å². The highest BCUT2D eigenvalue weighted by Crippen LogP contribution is 2.28. The second-order valence-corrected chi connectivity index (χ2v) is 9.39. The number of hydrogen-bond acceptors (Lipinski definition) is 6. The summed E-state index contributed by atoms with van der Waals surface area (Å²) in [7, 11) is -2.12. The first-order valence-corrected chi connectivity index (χ1v) is 11.9. The van der Waals surface area contributed by atoms with E-state index < -0.39 is 15.9 Å². The Bertz CT molecular complexity index is 1280. The van der Waals surface area contributed by atoms with E-state index in [1.54, 1.807) is 66.7 Å². The number of phenolic OH excluding ortho intramolecular Hbond substituents is 1. The van der Waals surface area contributed by atoms with Gasteiger partial charge < -0.3 is 9.84 Å². The molecule has 0 saturated carbocycles. The minimum Gasteiger partial charge on any atom is -0.504 e. The smallest absolute Gasteiger partial charge is 0.271 e. The van der Waals surface area contributed by atoms with Gasteiger partial charge >= 0.3 is 0 Å². The van der Waals surface area contributed by atoms with Gasteiger partial charge in [0.05, 0.1) is 31.8 Å². The first kappa shape index (κ1) is 24.1. The molecule has 0 fully saturated rings. The largest absolute Gasteiger partial charge is 0.504 e. The molecule has 0 aromatic heterocycles. The number of sulfonamides is 1. The Morgan fingerprint density at radius 1 is 1.15 bits per heavy atom. The summed E-state index contributed by atoms with van der Waals surface area (Å²) in [4.78, 5) is 12.4. The number of hydrazone groups is 1. The van der Waals surface area contributed by atoms with Crippen LogP contribution < -0.4 is 14.5 Å². The Morgan fingerprint density at radius 2 is 1.85 bits per heavy atom. The highest BCUT2D eigenvalue weighted by atomic mass is 35.5. The molecule has 172 valence electrons. The van der Waals surface area contributed by atoms with Gasteiger partial charge in [-0.2, -0.15) is 5.10 Å². The molecule has 33 heavy (non-hydrogen) atoms. The molecule has 0 aliphatic rings. The van der Waals surface area contributed by atoms with E-state index in [-0.39, 0.29) is 12.3 Å². The number of halogens is 1. The first-order valence-electron chi connectivity index (χ1n) is 9.70. The maximum Gasteiger partial charge on any atom is 0.271 e. The fourth-order valence-corrected chi connectivity index (χ4v) is 4.06. The highest BCUT2D eigenvalue weighted by Gasteiger charge is 2.18. The van der Waals surface area contributed by atoms with Crippen LogP contribution in [0.3, 0.4) is 0 Å². The molecule has 0 atom stereocenters. The summed E-state index contributed by atoms with van der Waals surface area (Å²) in [6.07, 6.45) is 2.42. The summed E-state index contributed by atoms with van der Waals surface area (Å²) in [5.74, 6) is -0.255. The number of carbonyl (C=O) groups excluding carboxylic acids is 1. The number of aromatic hydroxyl groups is 1. The lowest BCUT2D eigenvalue weighted by atomic mass is 10.1. The Labute approximate surface area is 197 Å². The molecule has 1 amide bonds. The summed E-state index contributed by atoms with van der Waals surface area (Å²) < 4.78 is 30.9. The van der Waals surface area contributed by atoms with E-state index in [0.717, 1.165) is 6.26 Å². The van der Waals surface area contributed by atoms with Crippen molar-refractivity contribution in [1.82, 2.24) is 5.43 Å². The van der Waals surface area contributed by atoms with E-state index in [2.05, 4.69) is 10.5 Å². The van der Waals surface area contributed by atoms with Crippen LogP contribution in [0.4, 0.5) is 5.69 Å². The fourth-order valence-electron chi connectivity index (χ4n) is 2.99. The van der Waals surface area contributed by atoms with Crippen molar-refractivity contribution in [2.45, 2.75) is 6.54 Å². The average molecular weight is 488 g/mol. The molecule has 0 radical (unpaired) electrons. The van der Waals surface area contributed by atoms with Crippen LogP contribution in [-0.2, 0) is 16.6 Å². The number of phenols is 1. The highest BCUT2D eigenvalue weighted by molar-refractivity contribution is 7.92. The molecule has 0 aliphatic heterocycles. The van der Waals surface area contributed by atoms with Gasteiger partial charge in [0.2, 0.25) is 10.0 Å². The monoisotopic (exact) mass is 487 g/mol. The standard InChI is InChI=1S/C23H22ClN3O5S/c1-32-21-8-3-5-18(22(21)28)14-25-26-23(29)17-11-9-16(10-12-17)15-27(33(2,30)31)20-7-4-6-19(24)13-20/h3-14,28H,15H2,1-2H3,(H,26,29)/b25-14+. The summed E-state index contributed by atoms with van der Waals surface area (Å²) in [6, 6.07) is 17.9. The Hall–Kier alpha value is -3.56. The van der Waals surface area contributed by atoms with Crippen LogP contribution in [-0.4, -0.2) is 39.0 Å². The predicted octanol–water partition coefficient (Wildman–Crippen LogP) is 3.78. The van der Waals surface area contributed by atoms with Gasteiger partial charge in [-0.05, 0) is 48.0 Å². The number of benzene rings is 3. The van der Waals surface area contributed by atoms with Crippen molar-refractivity contribution in [3.8, 4) is 11.5 Å². The lowest BCUT2D eigenvalue weighted by Gasteiger charge is -2.22. The molecular weight excluding hydrogens is 466 g/mol. The van der Waals surface area contributed by atoms with Gasteiger partial charge in [0.25, 0.3) is 5.91 Å². The molecule has 0 heterocycles. The zero-order chi connectivity index (χ0) is 24.0. The minimum atomic E-state index is -3.56. The molecule has 10 heteroatoms. The number of nitrogens with one attached hydrogen (secondary N) is 1. The lowest BCUT2D eigenvalue weighted by molar-refractivity contribution is 0.0955. The van der Waals surface area contributed by atoms with Gasteiger partial charge in [0.1, 0.15) is 0 Å². The van der Waals surface area contributed by atoms with E-state index in [9.17, 15) is 18.3 Å². The number of nitrogens with zero attached hydrogens (tertiary/aromatic N) is 2. The third kappa shape index (κ3) is 6.24. The van der Waals surface area contributed by atoms with E-state index in [4.69, 9.17) is 16.3 Å². The predicted molar refractivity (Wildman–Crippen MR) is 129 cm³/mol. The number of ether oxygens (including phenoxy) is 1. The molecule has 0 aliphatic carbocycles. The Morgan fingerprint density at radius 3 is 2.48 bits per heavy atom. The summed E-state index contributed by atoms with van der Waals surface area (Å²) in [5.41, 5.74) is 4.23. The van der Waals surface area contributed by atoms with Gasteiger partial charge in [0, 0.05) is 16.1 Å². The number of carbonyl (C=O) groups is 1. The SMILES string of the molecule is COc1cccc(/C=N/NC(=O)c2ccc(CN(c3cccc(Cl)c3)S(C)(=O)=O)cc2)c1O. The topological polar surface area (TPSA) is 108 Å². The number of methoxy groups -OCH3 is 1. The fraction of sp³-hybridized carbons (Fsp3) is 0.130. The third-order valence-corrected chi connectivity index (χ3v) is 6.03. The van der Waals surface area contributed by atoms with Crippen molar-refractivity contribution < 1.29 is 23.1 Å². The van der Waals surface area contributed by atoms with Crippen molar-refractivity contribution >= 4 is 39.4 Å². The average Bonchev–Trinajstić information content (AvgIpc) is 2.78. The zero-order valence-corrected chi connectivity index (χ0v) is 19.5. The van der Waals surface area contributed by atoms with Crippen LogP contribution in [0.5, 0.6) is 11.5 Å². The van der Waals surface area contributed by atoms with Gasteiger partial charge in [-0.15, -0.1) is 0 Å². The number of amides is 1. The normalized spacial score (nSPS) is 11.4. The maximum absolute atomic E-state index is 12.4. The molecule has 3 aromatic rings.